The smallest absolute Gasteiger partial charge is 0.323 e. The summed E-state index contributed by atoms with van der Waals surface area (Å²) in [6.07, 6.45) is 2.53. The monoisotopic (exact) mass is 233 g/mol. The summed E-state index contributed by atoms with van der Waals surface area (Å²) in [6, 6.07) is 8.15. The van der Waals surface area contributed by atoms with Crippen LogP contribution >= 0.6 is 0 Å². The number of nitrogens with one attached hydrogen (secondary N) is 2. The molecule has 2 amide bonds. The average Bonchev–Trinajstić information content (AvgIpc) is 2.37. The zero-order valence-corrected chi connectivity index (χ0v) is 9.40. The number of hydrazine groups is 1. The number of carbonyl (C=O) groups is 2. The minimum Gasteiger partial charge on any atom is -0.345 e. The van der Waals surface area contributed by atoms with Crippen LogP contribution in [0.3, 0.4) is 0 Å². The number of nitrogens with two attached hydrogens (primary N) is 1. The molecule has 0 aliphatic heterocycles. The number of hydrogen-bond donors (Lipinski definition) is 3. The molecule has 0 fully saturated rings. The summed E-state index contributed by atoms with van der Waals surface area (Å²) in [7, 11) is 0. The van der Waals surface area contributed by atoms with E-state index < -0.39 is 11.8 Å². The largest absolute Gasteiger partial charge is 0.345 e. The first-order valence-electron chi connectivity index (χ1n) is 5.59. The van der Waals surface area contributed by atoms with Crippen LogP contribution < -0.4 is 16.6 Å². The third-order valence-electron chi connectivity index (χ3n) is 3.02. The molecule has 5 nitrogen and oxygen atoms in total. The number of rotatable bonds is 1. The fourth-order valence-corrected chi connectivity index (χ4v) is 2.14. The van der Waals surface area contributed by atoms with Gasteiger partial charge in [0.1, 0.15) is 0 Å². The first-order valence-corrected chi connectivity index (χ1v) is 5.59. The second kappa shape index (κ2) is 4.97. The highest BCUT2D eigenvalue weighted by molar-refractivity contribution is 6.34. The lowest BCUT2D eigenvalue weighted by molar-refractivity contribution is -0.139. The van der Waals surface area contributed by atoms with Crippen LogP contribution in [0.5, 0.6) is 0 Å². The Bertz CT molecular complexity index is 445. The van der Waals surface area contributed by atoms with Crippen LogP contribution in [-0.2, 0) is 22.4 Å². The van der Waals surface area contributed by atoms with Gasteiger partial charge in [-0.2, -0.15) is 0 Å². The highest BCUT2D eigenvalue weighted by atomic mass is 16.2. The summed E-state index contributed by atoms with van der Waals surface area (Å²) in [5, 5.41) is 2.68. The first-order chi connectivity index (χ1) is 8.20. The average molecular weight is 233 g/mol. The van der Waals surface area contributed by atoms with Gasteiger partial charge in [-0.05, 0) is 30.4 Å². The van der Waals surface area contributed by atoms with Gasteiger partial charge in [0.15, 0.2) is 0 Å². The highest BCUT2D eigenvalue weighted by Gasteiger charge is 2.22. The predicted octanol–water partition coefficient (Wildman–Crippen LogP) is -0.350. The Balaban J connectivity index is 1.99. The van der Waals surface area contributed by atoms with Crippen molar-refractivity contribution in [3.8, 4) is 0 Å². The molecule has 0 spiro atoms. The van der Waals surface area contributed by atoms with E-state index in [1.807, 2.05) is 17.6 Å². The number of benzene rings is 1. The normalized spacial score (nSPS) is 18.1. The quantitative estimate of drug-likeness (QED) is 0.268. The van der Waals surface area contributed by atoms with Gasteiger partial charge in [0, 0.05) is 6.04 Å². The molecule has 1 unspecified atom stereocenters. The minimum atomic E-state index is -0.802. The molecule has 0 heterocycles. The lowest BCUT2D eigenvalue weighted by Gasteiger charge is -2.25. The van der Waals surface area contributed by atoms with E-state index in [1.54, 1.807) is 0 Å². The number of fused-ring (bicyclic) bond motifs is 1. The molecule has 1 atom stereocenters. The molecule has 5 heteroatoms. The topological polar surface area (TPSA) is 84.2 Å². The summed E-state index contributed by atoms with van der Waals surface area (Å²) in [6.45, 7) is 0. The Morgan fingerprint density at radius 1 is 1.18 bits per heavy atom. The zero-order valence-electron chi connectivity index (χ0n) is 9.40. The maximum Gasteiger partial charge on any atom is 0.323 e. The predicted molar refractivity (Wildman–Crippen MR) is 62.7 cm³/mol. The molecule has 1 aromatic carbocycles. The highest BCUT2D eigenvalue weighted by Crippen LogP contribution is 2.20. The number of carbonyl (C=O) groups excluding carboxylic acids is 2. The lowest BCUT2D eigenvalue weighted by atomic mass is 9.88. The van der Waals surface area contributed by atoms with E-state index in [0.717, 1.165) is 19.3 Å². The molecular formula is C12H15N3O2. The van der Waals surface area contributed by atoms with Crippen LogP contribution in [0.4, 0.5) is 0 Å². The van der Waals surface area contributed by atoms with Gasteiger partial charge in [0.05, 0.1) is 0 Å². The first kappa shape index (κ1) is 11.6. The van der Waals surface area contributed by atoms with E-state index in [0.29, 0.717) is 0 Å². The van der Waals surface area contributed by atoms with Crippen molar-refractivity contribution in [2.24, 2.45) is 5.84 Å². The van der Waals surface area contributed by atoms with Gasteiger partial charge in [-0.3, -0.25) is 15.0 Å². The zero-order chi connectivity index (χ0) is 12.3. The van der Waals surface area contributed by atoms with Crippen LogP contribution in [0.2, 0.25) is 0 Å². The van der Waals surface area contributed by atoms with E-state index in [1.165, 1.54) is 11.1 Å². The molecule has 0 saturated carbocycles. The molecule has 1 aliphatic carbocycles. The Morgan fingerprint density at radius 3 is 2.59 bits per heavy atom. The minimum absolute atomic E-state index is 0.00898. The van der Waals surface area contributed by atoms with Crippen LogP contribution in [0, 0.1) is 0 Å². The Morgan fingerprint density at radius 2 is 1.88 bits per heavy atom. The fourth-order valence-electron chi connectivity index (χ4n) is 2.14. The molecule has 1 aromatic rings. The van der Waals surface area contributed by atoms with Crippen molar-refractivity contribution in [2.45, 2.75) is 25.3 Å². The van der Waals surface area contributed by atoms with Gasteiger partial charge in [-0.25, -0.2) is 5.84 Å². The van der Waals surface area contributed by atoms with Gasteiger partial charge < -0.3 is 5.32 Å². The fraction of sp³-hybridized carbons (Fsp3) is 0.333. The maximum atomic E-state index is 11.4. The second-order valence-corrected chi connectivity index (χ2v) is 4.16. The van der Waals surface area contributed by atoms with E-state index in [9.17, 15) is 9.59 Å². The van der Waals surface area contributed by atoms with Crippen LogP contribution in [0.25, 0.3) is 0 Å². The van der Waals surface area contributed by atoms with E-state index in [4.69, 9.17) is 5.84 Å². The van der Waals surface area contributed by atoms with Gasteiger partial charge in [-0.1, -0.05) is 24.3 Å². The molecule has 90 valence electrons. The van der Waals surface area contributed by atoms with Gasteiger partial charge in [0.2, 0.25) is 0 Å². The van der Waals surface area contributed by atoms with Gasteiger partial charge >= 0.3 is 11.8 Å². The van der Waals surface area contributed by atoms with Crippen molar-refractivity contribution in [1.29, 1.82) is 0 Å². The standard InChI is InChI=1S/C12H15N3O2/c13-15-12(17)11(16)14-10-6-5-8-3-1-2-4-9(8)7-10/h1-4,10H,5-7,13H2,(H,14,16)(H,15,17). The van der Waals surface area contributed by atoms with Crippen molar-refractivity contribution in [1.82, 2.24) is 10.7 Å². The van der Waals surface area contributed by atoms with Crippen molar-refractivity contribution in [2.75, 3.05) is 0 Å². The summed E-state index contributed by atoms with van der Waals surface area (Å²) < 4.78 is 0. The molecule has 1 aliphatic rings. The second-order valence-electron chi connectivity index (χ2n) is 4.16. The van der Waals surface area contributed by atoms with Gasteiger partial charge in [-0.15, -0.1) is 0 Å². The van der Waals surface area contributed by atoms with Crippen molar-refractivity contribution >= 4 is 11.8 Å². The molecule has 0 radical (unpaired) electrons. The molecule has 0 aromatic heterocycles. The SMILES string of the molecule is NNC(=O)C(=O)NC1CCc2ccccc2C1. The maximum absolute atomic E-state index is 11.4. The number of aryl methyl sites for hydroxylation is 1. The molecule has 0 saturated heterocycles. The van der Waals surface area contributed by atoms with Crippen molar-refractivity contribution in [3.63, 3.8) is 0 Å². The van der Waals surface area contributed by atoms with Crippen LogP contribution in [-0.4, -0.2) is 17.9 Å². The number of hydrogen-bond acceptors (Lipinski definition) is 3. The molecular weight excluding hydrogens is 218 g/mol. The molecule has 17 heavy (non-hydrogen) atoms. The summed E-state index contributed by atoms with van der Waals surface area (Å²) in [4.78, 5) is 22.3. The summed E-state index contributed by atoms with van der Waals surface area (Å²) >= 11 is 0. The van der Waals surface area contributed by atoms with Crippen molar-refractivity contribution in [3.05, 3.63) is 35.4 Å². The number of amides is 2. The van der Waals surface area contributed by atoms with E-state index in [2.05, 4.69) is 17.4 Å². The summed E-state index contributed by atoms with van der Waals surface area (Å²) in [5.74, 6) is 3.42. The Hall–Kier alpha value is -1.88. The Kier molecular flexibility index (Phi) is 3.39. The van der Waals surface area contributed by atoms with Crippen molar-refractivity contribution < 1.29 is 9.59 Å². The summed E-state index contributed by atoms with van der Waals surface area (Å²) in [5.41, 5.74) is 4.38. The molecule has 0 bridgehead atoms. The van der Waals surface area contributed by atoms with Crippen LogP contribution in [0.1, 0.15) is 17.5 Å². The van der Waals surface area contributed by atoms with Crippen LogP contribution in [0.15, 0.2) is 24.3 Å². The third kappa shape index (κ3) is 2.62. The third-order valence-corrected chi connectivity index (χ3v) is 3.02. The molecule has 2 rings (SSSR count). The molecule has 4 N–H and O–H groups in total. The van der Waals surface area contributed by atoms with Gasteiger partial charge in [0.25, 0.3) is 0 Å². The lowest BCUT2D eigenvalue weighted by Crippen LogP contribution is -2.48. The Labute approximate surface area is 99.3 Å². The van der Waals surface area contributed by atoms with E-state index in [-0.39, 0.29) is 6.04 Å². The van der Waals surface area contributed by atoms with E-state index >= 15 is 0 Å².